The van der Waals surface area contributed by atoms with Crippen LogP contribution in [0.5, 0.6) is 0 Å². The van der Waals surface area contributed by atoms with Crippen LogP contribution in [0.1, 0.15) is 44.1 Å². The highest BCUT2D eigenvalue weighted by atomic mass is 35.5. The maximum absolute atomic E-state index is 13.4. The van der Waals surface area contributed by atoms with Gasteiger partial charge in [0.15, 0.2) is 0 Å². The maximum atomic E-state index is 13.4. The van der Waals surface area contributed by atoms with Crippen molar-refractivity contribution in [2.75, 3.05) is 26.7 Å². The highest BCUT2D eigenvalue weighted by Gasteiger charge is 2.47. The van der Waals surface area contributed by atoms with Crippen molar-refractivity contribution < 1.29 is 14.3 Å². The number of hydrogen-bond acceptors (Lipinski definition) is 4. The van der Waals surface area contributed by atoms with Crippen LogP contribution >= 0.6 is 12.4 Å². The number of hydrogen-bond donors (Lipinski definition) is 0. The average molecular weight is 380 g/mol. The summed E-state index contributed by atoms with van der Waals surface area (Å²) in [5.74, 6) is 0.545. The molecule has 4 aliphatic rings. The van der Waals surface area contributed by atoms with Gasteiger partial charge in [0.2, 0.25) is 0 Å². The fourth-order valence-electron chi connectivity index (χ4n) is 4.98. The van der Waals surface area contributed by atoms with E-state index in [1.54, 1.807) is 7.11 Å². The Bertz CT molecular complexity index is 593. The molecule has 144 valence electrons. The van der Waals surface area contributed by atoms with Crippen molar-refractivity contribution in [1.82, 2.24) is 4.90 Å². The third-order valence-corrected chi connectivity index (χ3v) is 6.69. The lowest BCUT2D eigenvalue weighted by Crippen LogP contribution is -2.54. The zero-order valence-corrected chi connectivity index (χ0v) is 16.4. The number of nitrogens with zero attached hydrogens (tertiary/aromatic N) is 1. The van der Waals surface area contributed by atoms with E-state index in [1.807, 2.05) is 18.2 Å². The minimum absolute atomic E-state index is 0. The van der Waals surface area contributed by atoms with Gasteiger partial charge in [-0.3, -0.25) is 9.69 Å². The first-order valence-corrected chi connectivity index (χ1v) is 9.73. The zero-order chi connectivity index (χ0) is 17.3. The maximum Gasteiger partial charge on any atom is 0.316 e. The van der Waals surface area contributed by atoms with Crippen molar-refractivity contribution in [2.45, 2.75) is 56.1 Å². The summed E-state index contributed by atoms with van der Waals surface area (Å²) in [6.07, 6.45) is 6.15. The number of carbonyl (C=O) groups excluding carboxylic acids is 1. The van der Waals surface area contributed by atoms with Crippen LogP contribution in [0.15, 0.2) is 30.3 Å². The van der Waals surface area contributed by atoms with Gasteiger partial charge in [0.1, 0.15) is 6.10 Å². The first kappa shape index (κ1) is 19.7. The first-order valence-electron chi connectivity index (χ1n) is 9.73. The van der Waals surface area contributed by atoms with E-state index in [9.17, 15) is 4.79 Å². The first-order chi connectivity index (χ1) is 12.2. The molecule has 26 heavy (non-hydrogen) atoms. The third-order valence-electron chi connectivity index (χ3n) is 6.69. The van der Waals surface area contributed by atoms with Crippen LogP contribution in [-0.2, 0) is 19.7 Å². The molecular weight excluding hydrogens is 350 g/mol. The summed E-state index contributed by atoms with van der Waals surface area (Å²) in [5.41, 5.74) is 0.610. The molecule has 4 nitrogen and oxygen atoms in total. The van der Waals surface area contributed by atoms with Gasteiger partial charge in [-0.15, -0.1) is 12.4 Å². The molecule has 5 rings (SSSR count). The van der Waals surface area contributed by atoms with E-state index in [1.165, 1.54) is 12.8 Å². The second-order valence-corrected chi connectivity index (χ2v) is 7.96. The number of fused-ring (bicyclic) bond motifs is 3. The summed E-state index contributed by atoms with van der Waals surface area (Å²) in [4.78, 5) is 15.8. The topological polar surface area (TPSA) is 38.8 Å². The van der Waals surface area contributed by atoms with Gasteiger partial charge in [-0.1, -0.05) is 30.3 Å². The molecule has 0 radical (unpaired) electrons. The molecule has 2 bridgehead atoms. The number of carbonyl (C=O) groups is 1. The van der Waals surface area contributed by atoms with Gasteiger partial charge in [0.25, 0.3) is 0 Å². The highest BCUT2D eigenvalue weighted by molar-refractivity contribution is 5.85. The molecule has 0 amide bonds. The number of halogens is 1. The van der Waals surface area contributed by atoms with Crippen LogP contribution in [0.3, 0.4) is 0 Å². The van der Waals surface area contributed by atoms with Crippen LogP contribution in [0.2, 0.25) is 0 Å². The van der Waals surface area contributed by atoms with Crippen LogP contribution in [0.25, 0.3) is 0 Å². The Hall–Kier alpha value is -1.10. The Balaban J connectivity index is 0.00000196. The van der Waals surface area contributed by atoms with Crippen molar-refractivity contribution in [2.24, 2.45) is 5.92 Å². The molecule has 1 aromatic rings. The summed E-state index contributed by atoms with van der Waals surface area (Å²) in [6, 6.07) is 10.2. The third kappa shape index (κ3) is 3.64. The molecule has 0 N–H and O–H groups in total. The van der Waals surface area contributed by atoms with E-state index >= 15 is 0 Å². The van der Waals surface area contributed by atoms with E-state index < -0.39 is 5.41 Å². The predicted molar refractivity (Wildman–Crippen MR) is 104 cm³/mol. The number of methoxy groups -OCH3 is 1. The largest absolute Gasteiger partial charge is 0.460 e. The lowest BCUT2D eigenvalue weighted by molar-refractivity contribution is -0.168. The smallest absolute Gasteiger partial charge is 0.316 e. The molecule has 1 saturated carbocycles. The van der Waals surface area contributed by atoms with E-state index in [0.29, 0.717) is 5.92 Å². The summed E-state index contributed by atoms with van der Waals surface area (Å²) >= 11 is 0. The molecule has 3 saturated heterocycles. The number of ether oxygens (including phenoxy) is 2. The lowest BCUT2D eigenvalue weighted by atomic mass is 9.68. The summed E-state index contributed by atoms with van der Waals surface area (Å²) < 4.78 is 11.7. The molecule has 1 aromatic carbocycles. The molecule has 1 unspecified atom stereocenters. The Kier molecular flexibility index (Phi) is 6.26. The molecule has 5 heteroatoms. The van der Waals surface area contributed by atoms with Gasteiger partial charge < -0.3 is 9.47 Å². The predicted octanol–water partition coefficient (Wildman–Crippen LogP) is 3.57. The number of esters is 1. The van der Waals surface area contributed by atoms with Crippen molar-refractivity contribution in [3.8, 4) is 0 Å². The van der Waals surface area contributed by atoms with Gasteiger partial charge in [-0.05, 0) is 63.1 Å². The molecule has 3 heterocycles. The number of rotatable bonds is 4. The molecule has 4 fully saturated rings. The standard InChI is InChI=1S/C21H29NO3.ClH/c1-24-18-7-11-21(12-8-18,17-5-3-2-4-6-17)20(23)25-19-15-22-13-9-16(19)10-14-22;/h2-6,16,18-19H,7-15H2,1H3;1H. The van der Waals surface area contributed by atoms with Crippen LogP contribution in [0.4, 0.5) is 0 Å². The summed E-state index contributed by atoms with van der Waals surface area (Å²) in [5, 5.41) is 0. The van der Waals surface area contributed by atoms with E-state index in [0.717, 1.165) is 50.9 Å². The van der Waals surface area contributed by atoms with Crippen molar-refractivity contribution in [3.63, 3.8) is 0 Å². The van der Waals surface area contributed by atoms with Gasteiger partial charge in [0, 0.05) is 13.7 Å². The molecule has 1 aliphatic carbocycles. The minimum atomic E-state index is -0.498. The van der Waals surface area contributed by atoms with Gasteiger partial charge >= 0.3 is 5.97 Å². The SMILES string of the molecule is COC1CCC(C(=O)OC2CN3CCC2CC3)(c2ccccc2)CC1.Cl. The van der Waals surface area contributed by atoms with Crippen LogP contribution in [0, 0.1) is 5.92 Å². The normalized spacial score (nSPS) is 36.2. The fourth-order valence-corrected chi connectivity index (χ4v) is 4.98. The van der Waals surface area contributed by atoms with Gasteiger partial charge in [0.05, 0.1) is 11.5 Å². The van der Waals surface area contributed by atoms with E-state index in [-0.39, 0.29) is 30.6 Å². The minimum Gasteiger partial charge on any atom is -0.460 e. The molecule has 0 spiro atoms. The molecule has 0 aromatic heterocycles. The second kappa shape index (κ2) is 8.28. The van der Waals surface area contributed by atoms with E-state index in [4.69, 9.17) is 9.47 Å². The summed E-state index contributed by atoms with van der Waals surface area (Å²) in [6.45, 7) is 3.25. The molecular formula is C21H30ClNO3. The average Bonchev–Trinajstić information content (AvgIpc) is 2.69. The monoisotopic (exact) mass is 379 g/mol. The zero-order valence-electron chi connectivity index (χ0n) is 15.6. The van der Waals surface area contributed by atoms with Crippen molar-refractivity contribution >= 4 is 18.4 Å². The van der Waals surface area contributed by atoms with Crippen LogP contribution in [-0.4, -0.2) is 49.8 Å². The van der Waals surface area contributed by atoms with Gasteiger partial charge in [-0.2, -0.15) is 0 Å². The molecule has 3 aliphatic heterocycles. The highest BCUT2D eigenvalue weighted by Crippen LogP contribution is 2.42. The Morgan fingerprint density at radius 2 is 1.73 bits per heavy atom. The van der Waals surface area contributed by atoms with E-state index in [2.05, 4.69) is 17.0 Å². The Morgan fingerprint density at radius 3 is 2.27 bits per heavy atom. The lowest BCUT2D eigenvalue weighted by Gasteiger charge is -2.46. The molecule has 1 atom stereocenters. The Morgan fingerprint density at radius 1 is 1.08 bits per heavy atom. The number of piperidine rings is 3. The van der Waals surface area contributed by atoms with Gasteiger partial charge in [-0.25, -0.2) is 0 Å². The summed E-state index contributed by atoms with van der Waals surface area (Å²) in [7, 11) is 1.77. The van der Waals surface area contributed by atoms with Crippen molar-refractivity contribution in [3.05, 3.63) is 35.9 Å². The quantitative estimate of drug-likeness (QED) is 0.749. The fraction of sp³-hybridized carbons (Fsp3) is 0.667. The van der Waals surface area contributed by atoms with Crippen LogP contribution < -0.4 is 0 Å². The number of benzene rings is 1. The second-order valence-electron chi connectivity index (χ2n) is 7.96. The Labute approximate surface area is 162 Å². The van der Waals surface area contributed by atoms with Crippen molar-refractivity contribution in [1.29, 1.82) is 0 Å².